The minimum absolute atomic E-state index is 0.109. The maximum atomic E-state index is 13.9. The Morgan fingerprint density at radius 3 is 2.35 bits per heavy atom. The van der Waals surface area contributed by atoms with Crippen LogP contribution in [0.3, 0.4) is 0 Å². The fraction of sp³-hybridized carbons (Fsp3) is 0.333. The van der Waals surface area contributed by atoms with Crippen molar-refractivity contribution in [2.45, 2.75) is 32.6 Å². The molecule has 0 spiro atoms. The molecule has 0 saturated heterocycles. The second-order valence-electron chi connectivity index (χ2n) is 9.70. The third-order valence-electron chi connectivity index (χ3n) is 6.92. The third-order valence-corrected chi connectivity index (χ3v) is 6.92. The number of para-hydroxylation sites is 1. The molecular formula is C30H35N3O4. The number of rotatable bonds is 5. The lowest BCUT2D eigenvalue weighted by molar-refractivity contribution is -0.0178. The molecule has 1 aliphatic heterocycles. The van der Waals surface area contributed by atoms with Gasteiger partial charge in [0.1, 0.15) is 0 Å². The first-order valence-corrected chi connectivity index (χ1v) is 12.7. The van der Waals surface area contributed by atoms with Crippen LogP contribution in [0.1, 0.15) is 29.8 Å². The highest BCUT2D eigenvalue weighted by Crippen LogP contribution is 2.31. The summed E-state index contributed by atoms with van der Waals surface area (Å²) in [5.74, 6) is -0.239. The molecular weight excluding hydrogens is 466 g/mol. The summed E-state index contributed by atoms with van der Waals surface area (Å²) < 4.78 is 6.47. The fourth-order valence-corrected chi connectivity index (χ4v) is 4.64. The molecule has 0 radical (unpaired) electrons. The smallest absolute Gasteiger partial charge is 0.321 e. The summed E-state index contributed by atoms with van der Waals surface area (Å²) in [4.78, 5) is 30.1. The first-order chi connectivity index (χ1) is 17.9. The number of ether oxygens (including phenoxy) is 1. The molecule has 3 aromatic carbocycles. The van der Waals surface area contributed by atoms with E-state index in [4.69, 9.17) is 4.74 Å². The number of nitrogens with zero attached hydrogens (tertiary/aromatic N) is 2. The molecule has 2 N–H and O–H groups in total. The lowest BCUT2D eigenvalue weighted by Gasteiger charge is -2.35. The summed E-state index contributed by atoms with van der Waals surface area (Å²) >= 11 is 0. The van der Waals surface area contributed by atoms with E-state index in [0.717, 1.165) is 22.4 Å². The largest absolute Gasteiger partial charge is 0.394 e. The van der Waals surface area contributed by atoms with E-state index in [1.165, 1.54) is 0 Å². The van der Waals surface area contributed by atoms with Gasteiger partial charge in [-0.3, -0.25) is 4.79 Å². The van der Waals surface area contributed by atoms with Crippen LogP contribution in [0, 0.1) is 5.92 Å². The zero-order valence-electron chi connectivity index (χ0n) is 21.6. The van der Waals surface area contributed by atoms with Crippen LogP contribution in [-0.4, -0.2) is 65.7 Å². The maximum Gasteiger partial charge on any atom is 0.321 e. The molecule has 3 amide bonds. The van der Waals surface area contributed by atoms with Crippen molar-refractivity contribution in [3.63, 3.8) is 0 Å². The molecule has 194 valence electrons. The number of aliphatic hydroxyl groups is 1. The molecule has 0 aliphatic carbocycles. The number of hydrogen-bond acceptors (Lipinski definition) is 4. The van der Waals surface area contributed by atoms with Gasteiger partial charge in [-0.05, 0) is 41.8 Å². The maximum absolute atomic E-state index is 13.9. The Labute approximate surface area is 218 Å². The van der Waals surface area contributed by atoms with Gasteiger partial charge in [0, 0.05) is 37.3 Å². The minimum atomic E-state index is -0.376. The standard InChI is InChI=1S/C30H35N3O4/c1-21-17-33(22(2)19-34)29(35)27-16-10-9-15-26(27)25-14-8-7-11-23(25)20-37-28(21)18-32(3)30(36)31-24-12-5-4-6-13-24/h4-16,21-22,28,34H,17-20H2,1-3H3,(H,31,36)/t21-,22-,28+/m0/s1. The fourth-order valence-electron chi connectivity index (χ4n) is 4.64. The van der Waals surface area contributed by atoms with Crippen molar-refractivity contribution in [1.29, 1.82) is 0 Å². The number of anilines is 1. The van der Waals surface area contributed by atoms with Gasteiger partial charge in [0.2, 0.25) is 0 Å². The van der Waals surface area contributed by atoms with E-state index in [-0.39, 0.29) is 36.6 Å². The summed E-state index contributed by atoms with van der Waals surface area (Å²) in [5, 5.41) is 12.9. The number of amides is 3. The van der Waals surface area contributed by atoms with E-state index in [2.05, 4.69) is 5.32 Å². The van der Waals surface area contributed by atoms with E-state index in [0.29, 0.717) is 25.3 Å². The normalized spacial score (nSPS) is 18.7. The molecule has 1 heterocycles. The Bertz CT molecular complexity index is 1220. The Hall–Kier alpha value is -3.68. The number of urea groups is 1. The Kier molecular flexibility index (Phi) is 8.58. The van der Waals surface area contributed by atoms with Gasteiger partial charge >= 0.3 is 6.03 Å². The Morgan fingerprint density at radius 1 is 1.03 bits per heavy atom. The minimum Gasteiger partial charge on any atom is -0.394 e. The molecule has 0 aromatic heterocycles. The van der Waals surface area contributed by atoms with Gasteiger partial charge < -0.3 is 25.0 Å². The molecule has 3 atom stereocenters. The number of nitrogens with one attached hydrogen (secondary N) is 1. The van der Waals surface area contributed by atoms with Crippen LogP contribution in [0.25, 0.3) is 11.1 Å². The highest BCUT2D eigenvalue weighted by atomic mass is 16.5. The van der Waals surface area contributed by atoms with Crippen LogP contribution >= 0.6 is 0 Å². The number of carbonyl (C=O) groups excluding carboxylic acids is 2. The van der Waals surface area contributed by atoms with Crippen LogP contribution in [-0.2, 0) is 11.3 Å². The van der Waals surface area contributed by atoms with Crippen molar-refractivity contribution in [3.8, 4) is 11.1 Å². The number of hydrogen-bond donors (Lipinski definition) is 2. The Balaban J connectivity index is 1.66. The summed E-state index contributed by atoms with van der Waals surface area (Å²) in [7, 11) is 1.74. The molecule has 7 heteroatoms. The average Bonchev–Trinajstić information content (AvgIpc) is 2.94. The second-order valence-corrected chi connectivity index (χ2v) is 9.70. The topological polar surface area (TPSA) is 82.1 Å². The first kappa shape index (κ1) is 26.4. The number of fused-ring (bicyclic) bond motifs is 3. The number of aliphatic hydroxyl groups excluding tert-OH is 1. The van der Waals surface area contributed by atoms with Gasteiger partial charge in [-0.15, -0.1) is 0 Å². The van der Waals surface area contributed by atoms with Crippen LogP contribution in [0.2, 0.25) is 0 Å². The van der Waals surface area contributed by atoms with Crippen molar-refractivity contribution >= 4 is 17.6 Å². The van der Waals surface area contributed by atoms with E-state index in [1.54, 1.807) is 16.8 Å². The van der Waals surface area contributed by atoms with Crippen molar-refractivity contribution in [1.82, 2.24) is 9.80 Å². The molecule has 0 saturated carbocycles. The summed E-state index contributed by atoms with van der Waals surface area (Å²) in [5.41, 5.74) is 4.06. The van der Waals surface area contributed by atoms with E-state index >= 15 is 0 Å². The number of benzene rings is 3. The van der Waals surface area contributed by atoms with E-state index < -0.39 is 0 Å². The van der Waals surface area contributed by atoms with Crippen molar-refractivity contribution < 1.29 is 19.4 Å². The van der Waals surface area contributed by atoms with Gasteiger partial charge in [-0.1, -0.05) is 67.6 Å². The Morgan fingerprint density at radius 2 is 1.65 bits per heavy atom. The highest BCUT2D eigenvalue weighted by Gasteiger charge is 2.31. The van der Waals surface area contributed by atoms with Gasteiger partial charge in [0.15, 0.2) is 0 Å². The molecule has 3 aromatic rings. The molecule has 7 nitrogen and oxygen atoms in total. The first-order valence-electron chi connectivity index (χ1n) is 12.7. The number of likely N-dealkylation sites (N-methyl/N-ethyl adjacent to an activating group) is 1. The van der Waals surface area contributed by atoms with Gasteiger partial charge in [-0.25, -0.2) is 4.79 Å². The van der Waals surface area contributed by atoms with Crippen LogP contribution in [0.5, 0.6) is 0 Å². The molecule has 37 heavy (non-hydrogen) atoms. The second kappa shape index (κ2) is 12.0. The van der Waals surface area contributed by atoms with Gasteiger partial charge in [0.05, 0.1) is 25.4 Å². The van der Waals surface area contributed by atoms with E-state index in [9.17, 15) is 14.7 Å². The average molecular weight is 502 g/mol. The predicted molar refractivity (Wildman–Crippen MR) is 145 cm³/mol. The molecule has 1 aliphatic rings. The summed E-state index contributed by atoms with van der Waals surface area (Å²) in [6.07, 6.45) is -0.345. The van der Waals surface area contributed by atoms with Gasteiger partial charge in [-0.2, -0.15) is 0 Å². The third kappa shape index (κ3) is 6.18. The molecule has 0 fully saturated rings. The summed E-state index contributed by atoms with van der Waals surface area (Å²) in [6, 6.07) is 24.2. The van der Waals surface area contributed by atoms with Crippen LogP contribution in [0.4, 0.5) is 10.5 Å². The predicted octanol–water partition coefficient (Wildman–Crippen LogP) is 4.88. The zero-order chi connectivity index (χ0) is 26.4. The molecule has 4 rings (SSSR count). The van der Waals surface area contributed by atoms with Crippen molar-refractivity contribution in [2.24, 2.45) is 5.92 Å². The van der Waals surface area contributed by atoms with Gasteiger partial charge in [0.25, 0.3) is 5.91 Å². The molecule has 0 unspecified atom stereocenters. The lowest BCUT2D eigenvalue weighted by atomic mass is 9.94. The quantitative estimate of drug-likeness (QED) is 0.522. The SMILES string of the molecule is C[C@H]1CN([C@@H](C)CO)C(=O)c2ccccc2-c2ccccc2CO[C@@H]1CN(C)C(=O)Nc1ccccc1. The lowest BCUT2D eigenvalue weighted by Crippen LogP contribution is -2.48. The van der Waals surface area contributed by atoms with Crippen molar-refractivity contribution in [2.75, 3.05) is 32.1 Å². The monoisotopic (exact) mass is 501 g/mol. The zero-order valence-corrected chi connectivity index (χ0v) is 21.6. The van der Waals surface area contributed by atoms with Crippen LogP contribution in [0.15, 0.2) is 78.9 Å². The number of carbonyl (C=O) groups is 2. The van der Waals surface area contributed by atoms with Crippen LogP contribution < -0.4 is 5.32 Å². The molecule has 0 bridgehead atoms. The van der Waals surface area contributed by atoms with E-state index in [1.807, 2.05) is 92.7 Å². The highest BCUT2D eigenvalue weighted by molar-refractivity contribution is 6.01. The summed E-state index contributed by atoms with van der Waals surface area (Å²) in [6.45, 7) is 4.78. The van der Waals surface area contributed by atoms with Crippen molar-refractivity contribution in [3.05, 3.63) is 90.0 Å².